The minimum absolute atomic E-state index is 0.617. The van der Waals surface area contributed by atoms with E-state index in [9.17, 15) is 0 Å². The number of benzene rings is 1. The van der Waals surface area contributed by atoms with Crippen LogP contribution in [-0.4, -0.2) is 4.98 Å². The van der Waals surface area contributed by atoms with Gasteiger partial charge in [0.1, 0.15) is 6.07 Å². The van der Waals surface area contributed by atoms with Crippen molar-refractivity contribution in [2.24, 2.45) is 0 Å². The highest BCUT2D eigenvalue weighted by atomic mass is 14.7. The Morgan fingerprint density at radius 3 is 2.56 bits per heavy atom. The van der Waals surface area contributed by atoms with Crippen molar-refractivity contribution < 1.29 is 0 Å². The average molecular weight is 208 g/mol. The van der Waals surface area contributed by atoms with Gasteiger partial charge >= 0.3 is 0 Å². The summed E-state index contributed by atoms with van der Waals surface area (Å²) in [6.07, 6.45) is 2.73. The molecule has 78 valence electrons. The van der Waals surface area contributed by atoms with E-state index in [1.165, 1.54) is 5.56 Å². The molecule has 0 amide bonds. The zero-order chi connectivity index (χ0) is 11.4. The summed E-state index contributed by atoms with van der Waals surface area (Å²) >= 11 is 0. The topological polar surface area (TPSA) is 36.7 Å². The first-order chi connectivity index (χ1) is 7.85. The molecule has 16 heavy (non-hydrogen) atoms. The van der Waals surface area contributed by atoms with Crippen LogP contribution in [0, 0.1) is 11.3 Å². The molecule has 0 saturated heterocycles. The van der Waals surface area contributed by atoms with E-state index in [2.05, 4.69) is 30.1 Å². The van der Waals surface area contributed by atoms with Crippen LogP contribution in [0.25, 0.3) is 11.3 Å². The van der Waals surface area contributed by atoms with Crippen molar-refractivity contribution in [3.63, 3.8) is 0 Å². The number of hydrogen-bond acceptors (Lipinski definition) is 2. The lowest BCUT2D eigenvalue weighted by atomic mass is 10.0. The highest BCUT2D eigenvalue weighted by Crippen LogP contribution is 2.20. The fourth-order valence-corrected chi connectivity index (χ4v) is 1.62. The Morgan fingerprint density at radius 2 is 1.94 bits per heavy atom. The van der Waals surface area contributed by atoms with Crippen molar-refractivity contribution in [2.75, 3.05) is 0 Å². The number of nitriles is 1. The molecular weight excluding hydrogens is 196 g/mol. The minimum Gasteiger partial charge on any atom is -0.255 e. The molecule has 0 fully saturated rings. The predicted molar refractivity (Wildman–Crippen MR) is 63.8 cm³/mol. The van der Waals surface area contributed by atoms with Gasteiger partial charge < -0.3 is 0 Å². The van der Waals surface area contributed by atoms with Crippen LogP contribution in [0.4, 0.5) is 0 Å². The summed E-state index contributed by atoms with van der Waals surface area (Å²) in [6, 6.07) is 13.9. The zero-order valence-corrected chi connectivity index (χ0v) is 9.14. The second-order valence-electron chi connectivity index (χ2n) is 3.56. The van der Waals surface area contributed by atoms with Gasteiger partial charge in [-0.2, -0.15) is 5.26 Å². The third-order valence-corrected chi connectivity index (χ3v) is 2.56. The van der Waals surface area contributed by atoms with E-state index in [0.29, 0.717) is 5.56 Å². The molecule has 0 spiro atoms. The van der Waals surface area contributed by atoms with Gasteiger partial charge in [-0.05, 0) is 24.1 Å². The summed E-state index contributed by atoms with van der Waals surface area (Å²) < 4.78 is 0. The number of aryl methyl sites for hydroxylation is 1. The Morgan fingerprint density at radius 1 is 1.19 bits per heavy atom. The number of pyridine rings is 1. The summed E-state index contributed by atoms with van der Waals surface area (Å²) in [5.41, 5.74) is 3.66. The highest BCUT2D eigenvalue weighted by molar-refractivity contribution is 5.66. The fourth-order valence-electron chi connectivity index (χ4n) is 1.62. The molecule has 0 atom stereocenters. The Kier molecular flexibility index (Phi) is 2.98. The van der Waals surface area contributed by atoms with E-state index in [-0.39, 0.29) is 0 Å². The normalized spacial score (nSPS) is 9.75. The third-order valence-electron chi connectivity index (χ3n) is 2.56. The predicted octanol–water partition coefficient (Wildman–Crippen LogP) is 3.18. The maximum absolute atomic E-state index is 8.99. The molecule has 1 aromatic heterocycles. The Hall–Kier alpha value is -2.14. The lowest BCUT2D eigenvalue weighted by Gasteiger charge is -2.03. The quantitative estimate of drug-likeness (QED) is 0.760. The van der Waals surface area contributed by atoms with Crippen LogP contribution < -0.4 is 0 Å². The summed E-state index contributed by atoms with van der Waals surface area (Å²) in [5, 5.41) is 8.99. The lowest BCUT2D eigenvalue weighted by Crippen LogP contribution is -1.88. The Bertz CT molecular complexity index is 521. The monoisotopic (exact) mass is 208 g/mol. The second kappa shape index (κ2) is 4.59. The number of rotatable bonds is 2. The Labute approximate surface area is 95.2 Å². The van der Waals surface area contributed by atoms with Gasteiger partial charge in [0, 0.05) is 11.8 Å². The van der Waals surface area contributed by atoms with E-state index in [0.717, 1.165) is 17.7 Å². The number of nitrogens with zero attached hydrogens (tertiary/aromatic N) is 2. The molecule has 0 saturated carbocycles. The van der Waals surface area contributed by atoms with Crippen molar-refractivity contribution in [2.45, 2.75) is 13.3 Å². The van der Waals surface area contributed by atoms with E-state index >= 15 is 0 Å². The van der Waals surface area contributed by atoms with Crippen LogP contribution in [0.5, 0.6) is 0 Å². The van der Waals surface area contributed by atoms with Crippen molar-refractivity contribution in [3.05, 3.63) is 53.7 Å². The van der Waals surface area contributed by atoms with Crippen LogP contribution >= 0.6 is 0 Å². The van der Waals surface area contributed by atoms with Gasteiger partial charge in [-0.3, -0.25) is 4.98 Å². The standard InChI is InChI=1S/C14H12N2/c1-2-11-5-7-12(8-6-11)14-13(10-15)4-3-9-16-14/h3-9H,2H2,1H3. The zero-order valence-electron chi connectivity index (χ0n) is 9.14. The fraction of sp³-hybridized carbons (Fsp3) is 0.143. The highest BCUT2D eigenvalue weighted by Gasteiger charge is 2.04. The van der Waals surface area contributed by atoms with Crippen molar-refractivity contribution in [3.8, 4) is 17.3 Å². The molecule has 2 aromatic rings. The van der Waals surface area contributed by atoms with Gasteiger partial charge in [-0.15, -0.1) is 0 Å². The molecule has 0 radical (unpaired) electrons. The van der Waals surface area contributed by atoms with E-state index < -0.39 is 0 Å². The van der Waals surface area contributed by atoms with Crippen molar-refractivity contribution in [1.82, 2.24) is 4.98 Å². The van der Waals surface area contributed by atoms with E-state index in [1.54, 1.807) is 18.3 Å². The molecule has 0 N–H and O–H groups in total. The number of hydrogen-bond donors (Lipinski definition) is 0. The summed E-state index contributed by atoms with van der Waals surface area (Å²) in [4.78, 5) is 4.25. The molecule has 2 nitrogen and oxygen atoms in total. The van der Waals surface area contributed by atoms with Crippen LogP contribution in [0.2, 0.25) is 0 Å². The third kappa shape index (κ3) is 1.94. The molecule has 1 heterocycles. The van der Waals surface area contributed by atoms with Crippen molar-refractivity contribution >= 4 is 0 Å². The summed E-state index contributed by atoms with van der Waals surface area (Å²) in [5.74, 6) is 0. The van der Waals surface area contributed by atoms with Gasteiger partial charge in [0.2, 0.25) is 0 Å². The summed E-state index contributed by atoms with van der Waals surface area (Å²) in [7, 11) is 0. The van der Waals surface area contributed by atoms with E-state index in [4.69, 9.17) is 5.26 Å². The van der Waals surface area contributed by atoms with Gasteiger partial charge in [-0.25, -0.2) is 0 Å². The van der Waals surface area contributed by atoms with Crippen molar-refractivity contribution in [1.29, 1.82) is 5.26 Å². The first-order valence-electron chi connectivity index (χ1n) is 5.29. The minimum atomic E-state index is 0.617. The number of aromatic nitrogens is 1. The molecule has 0 aliphatic rings. The maximum Gasteiger partial charge on any atom is 0.101 e. The first-order valence-corrected chi connectivity index (χ1v) is 5.29. The molecule has 2 heteroatoms. The second-order valence-corrected chi connectivity index (χ2v) is 3.56. The molecule has 0 aliphatic heterocycles. The van der Waals surface area contributed by atoms with Crippen LogP contribution in [-0.2, 0) is 6.42 Å². The molecule has 0 unspecified atom stereocenters. The van der Waals surface area contributed by atoms with Gasteiger partial charge in [0.25, 0.3) is 0 Å². The van der Waals surface area contributed by atoms with Gasteiger partial charge in [0.15, 0.2) is 0 Å². The van der Waals surface area contributed by atoms with Crippen LogP contribution in [0.1, 0.15) is 18.1 Å². The molecule has 0 bridgehead atoms. The van der Waals surface area contributed by atoms with E-state index in [1.807, 2.05) is 12.1 Å². The van der Waals surface area contributed by atoms with Crippen LogP contribution in [0.3, 0.4) is 0 Å². The summed E-state index contributed by atoms with van der Waals surface area (Å²) in [6.45, 7) is 2.12. The molecule has 2 rings (SSSR count). The molecule has 1 aromatic carbocycles. The van der Waals surface area contributed by atoms with Crippen LogP contribution in [0.15, 0.2) is 42.6 Å². The average Bonchev–Trinajstić information content (AvgIpc) is 2.39. The SMILES string of the molecule is CCc1ccc(-c2ncccc2C#N)cc1. The largest absolute Gasteiger partial charge is 0.255 e. The smallest absolute Gasteiger partial charge is 0.101 e. The maximum atomic E-state index is 8.99. The molecule has 0 aliphatic carbocycles. The lowest BCUT2D eigenvalue weighted by molar-refractivity contribution is 1.14. The Balaban J connectivity index is 2.47. The molecular formula is C14H12N2. The van der Waals surface area contributed by atoms with Gasteiger partial charge in [0.05, 0.1) is 11.3 Å². The van der Waals surface area contributed by atoms with Gasteiger partial charge in [-0.1, -0.05) is 31.2 Å². The first kappa shape index (κ1) is 10.4.